The highest BCUT2D eigenvalue weighted by Crippen LogP contribution is 2.14. The van der Waals surface area contributed by atoms with Gasteiger partial charge in [0.15, 0.2) is 0 Å². The van der Waals surface area contributed by atoms with Crippen molar-refractivity contribution in [1.82, 2.24) is 10.2 Å². The first kappa shape index (κ1) is 14.1. The second-order valence-corrected chi connectivity index (χ2v) is 4.29. The molecule has 0 saturated carbocycles. The zero-order valence-electron chi connectivity index (χ0n) is 10.1. The van der Waals surface area contributed by atoms with Gasteiger partial charge in [-0.2, -0.15) is 0 Å². The van der Waals surface area contributed by atoms with Crippen LogP contribution in [0.4, 0.5) is 0 Å². The van der Waals surface area contributed by atoms with Crippen LogP contribution in [0.25, 0.3) is 0 Å². The Balaban J connectivity index is 4.36. The third kappa shape index (κ3) is 4.01. The second-order valence-electron chi connectivity index (χ2n) is 4.29. The number of hydrogen-bond acceptors (Lipinski definition) is 3. The topological polar surface area (TPSA) is 52.6 Å². The molecule has 0 heterocycles. The third-order valence-electron chi connectivity index (χ3n) is 2.72. The van der Waals surface area contributed by atoms with Crippen molar-refractivity contribution in [3.8, 4) is 0 Å². The maximum absolute atomic E-state index is 11.6. The van der Waals surface area contributed by atoms with Gasteiger partial charge < -0.3 is 10.4 Å². The standard InChI is InChI=1S/C11H22N2O2/c1-6-7-12-10(15)9(2)13(5)11(3,4)8-14/h6,9,14H,1,7-8H2,2-5H3,(H,12,15). The fourth-order valence-corrected chi connectivity index (χ4v) is 1.13. The summed E-state index contributed by atoms with van der Waals surface area (Å²) in [5.74, 6) is -0.0566. The van der Waals surface area contributed by atoms with Gasteiger partial charge in [0.25, 0.3) is 0 Å². The number of aliphatic hydroxyl groups excluding tert-OH is 1. The van der Waals surface area contributed by atoms with Crippen LogP contribution >= 0.6 is 0 Å². The van der Waals surface area contributed by atoms with Gasteiger partial charge in [-0.05, 0) is 27.8 Å². The molecule has 1 amide bonds. The summed E-state index contributed by atoms with van der Waals surface area (Å²) in [6.45, 7) is 9.62. The zero-order chi connectivity index (χ0) is 12.1. The van der Waals surface area contributed by atoms with Crippen LogP contribution in [0, 0.1) is 0 Å². The van der Waals surface area contributed by atoms with E-state index in [-0.39, 0.29) is 18.6 Å². The van der Waals surface area contributed by atoms with E-state index in [0.29, 0.717) is 6.54 Å². The molecule has 0 rings (SSSR count). The highest BCUT2D eigenvalue weighted by Gasteiger charge is 2.29. The number of likely N-dealkylation sites (N-methyl/N-ethyl adjacent to an activating group) is 1. The van der Waals surface area contributed by atoms with Crippen LogP contribution in [0.1, 0.15) is 20.8 Å². The molecule has 1 atom stereocenters. The van der Waals surface area contributed by atoms with E-state index >= 15 is 0 Å². The summed E-state index contributed by atoms with van der Waals surface area (Å²) in [7, 11) is 1.83. The Kier molecular flexibility index (Phi) is 5.54. The molecule has 0 saturated heterocycles. The molecule has 4 heteroatoms. The van der Waals surface area contributed by atoms with Crippen molar-refractivity contribution in [2.24, 2.45) is 0 Å². The summed E-state index contributed by atoms with van der Waals surface area (Å²) in [6.07, 6.45) is 1.64. The van der Waals surface area contributed by atoms with Crippen molar-refractivity contribution in [2.45, 2.75) is 32.4 Å². The lowest BCUT2D eigenvalue weighted by atomic mass is 10.0. The van der Waals surface area contributed by atoms with E-state index in [1.807, 2.05) is 32.7 Å². The highest BCUT2D eigenvalue weighted by atomic mass is 16.3. The zero-order valence-corrected chi connectivity index (χ0v) is 10.1. The molecule has 0 aromatic heterocycles. The molecule has 0 aromatic rings. The molecule has 2 N–H and O–H groups in total. The first-order valence-corrected chi connectivity index (χ1v) is 5.09. The Morgan fingerprint density at radius 3 is 2.60 bits per heavy atom. The van der Waals surface area contributed by atoms with Crippen molar-refractivity contribution in [2.75, 3.05) is 20.2 Å². The molecular formula is C11H22N2O2. The van der Waals surface area contributed by atoms with Crippen molar-refractivity contribution in [3.05, 3.63) is 12.7 Å². The Morgan fingerprint density at radius 2 is 2.20 bits per heavy atom. The van der Waals surface area contributed by atoms with Crippen LogP contribution in [0.3, 0.4) is 0 Å². The van der Waals surface area contributed by atoms with Gasteiger partial charge in [0.05, 0.1) is 12.6 Å². The van der Waals surface area contributed by atoms with E-state index in [0.717, 1.165) is 0 Å². The van der Waals surface area contributed by atoms with E-state index in [1.165, 1.54) is 0 Å². The van der Waals surface area contributed by atoms with Gasteiger partial charge >= 0.3 is 0 Å². The Labute approximate surface area is 92.0 Å². The smallest absolute Gasteiger partial charge is 0.237 e. The quantitative estimate of drug-likeness (QED) is 0.629. The van der Waals surface area contributed by atoms with E-state index in [9.17, 15) is 9.90 Å². The summed E-state index contributed by atoms with van der Waals surface area (Å²) >= 11 is 0. The Morgan fingerprint density at radius 1 is 1.67 bits per heavy atom. The maximum atomic E-state index is 11.6. The second kappa shape index (κ2) is 5.88. The molecule has 88 valence electrons. The minimum absolute atomic E-state index is 0.0164. The van der Waals surface area contributed by atoms with Crippen molar-refractivity contribution in [1.29, 1.82) is 0 Å². The average molecular weight is 214 g/mol. The molecule has 0 radical (unpaired) electrons. The van der Waals surface area contributed by atoms with E-state index in [2.05, 4.69) is 11.9 Å². The molecule has 0 fully saturated rings. The van der Waals surface area contributed by atoms with Crippen molar-refractivity contribution < 1.29 is 9.90 Å². The lowest BCUT2D eigenvalue weighted by molar-refractivity contribution is -0.127. The first-order valence-electron chi connectivity index (χ1n) is 5.09. The molecule has 0 aliphatic carbocycles. The average Bonchev–Trinajstić information content (AvgIpc) is 2.23. The van der Waals surface area contributed by atoms with E-state index in [1.54, 1.807) is 6.08 Å². The number of nitrogens with one attached hydrogen (secondary N) is 1. The van der Waals surface area contributed by atoms with Crippen molar-refractivity contribution in [3.63, 3.8) is 0 Å². The van der Waals surface area contributed by atoms with Gasteiger partial charge in [-0.25, -0.2) is 0 Å². The van der Waals surface area contributed by atoms with Crippen LogP contribution < -0.4 is 5.32 Å². The van der Waals surface area contributed by atoms with Crippen LogP contribution in [-0.4, -0.2) is 47.7 Å². The molecule has 0 bridgehead atoms. The van der Waals surface area contributed by atoms with E-state index in [4.69, 9.17) is 0 Å². The van der Waals surface area contributed by atoms with Gasteiger partial charge in [0, 0.05) is 12.1 Å². The van der Waals surface area contributed by atoms with Gasteiger partial charge in [-0.15, -0.1) is 6.58 Å². The van der Waals surface area contributed by atoms with Crippen LogP contribution in [0.5, 0.6) is 0 Å². The minimum atomic E-state index is -0.398. The SMILES string of the molecule is C=CCNC(=O)C(C)N(C)C(C)(C)CO. The highest BCUT2D eigenvalue weighted by molar-refractivity contribution is 5.81. The lowest BCUT2D eigenvalue weighted by Crippen LogP contribution is -2.54. The number of amides is 1. The van der Waals surface area contributed by atoms with Crippen LogP contribution in [0.15, 0.2) is 12.7 Å². The number of carbonyl (C=O) groups excluding carboxylic acids is 1. The predicted octanol–water partition coefficient (Wildman–Crippen LogP) is 0.380. The van der Waals surface area contributed by atoms with E-state index < -0.39 is 5.54 Å². The first-order chi connectivity index (χ1) is 6.86. The third-order valence-corrected chi connectivity index (χ3v) is 2.72. The van der Waals surface area contributed by atoms with Crippen LogP contribution in [-0.2, 0) is 4.79 Å². The molecule has 4 nitrogen and oxygen atoms in total. The van der Waals surface area contributed by atoms with Gasteiger partial charge in [-0.1, -0.05) is 6.08 Å². The number of carbonyl (C=O) groups is 1. The monoisotopic (exact) mass is 214 g/mol. The summed E-state index contributed by atoms with van der Waals surface area (Å²) in [6, 6.07) is -0.271. The number of hydrogen-bond donors (Lipinski definition) is 2. The summed E-state index contributed by atoms with van der Waals surface area (Å²) in [4.78, 5) is 13.5. The largest absolute Gasteiger partial charge is 0.394 e. The lowest BCUT2D eigenvalue weighted by Gasteiger charge is -2.37. The molecular weight excluding hydrogens is 192 g/mol. The molecule has 15 heavy (non-hydrogen) atoms. The minimum Gasteiger partial charge on any atom is -0.394 e. The fourth-order valence-electron chi connectivity index (χ4n) is 1.13. The Hall–Kier alpha value is -0.870. The molecule has 0 aliphatic rings. The molecule has 1 unspecified atom stereocenters. The maximum Gasteiger partial charge on any atom is 0.237 e. The fraction of sp³-hybridized carbons (Fsp3) is 0.727. The molecule has 0 aliphatic heterocycles. The number of rotatable bonds is 6. The van der Waals surface area contributed by atoms with Gasteiger partial charge in [0.2, 0.25) is 5.91 Å². The van der Waals surface area contributed by atoms with Gasteiger partial charge in [-0.3, -0.25) is 9.69 Å². The van der Waals surface area contributed by atoms with Crippen molar-refractivity contribution >= 4 is 5.91 Å². The Bertz CT molecular complexity index is 227. The van der Waals surface area contributed by atoms with Crippen LogP contribution in [0.2, 0.25) is 0 Å². The summed E-state index contributed by atoms with van der Waals surface area (Å²) < 4.78 is 0. The predicted molar refractivity (Wildman–Crippen MR) is 61.6 cm³/mol. The number of nitrogens with zero attached hydrogens (tertiary/aromatic N) is 1. The van der Waals surface area contributed by atoms with Gasteiger partial charge in [0.1, 0.15) is 0 Å². The summed E-state index contributed by atoms with van der Waals surface area (Å²) in [5, 5.41) is 11.9. The molecule has 0 spiro atoms. The number of aliphatic hydroxyl groups is 1. The summed E-state index contributed by atoms with van der Waals surface area (Å²) in [5.41, 5.74) is -0.398. The molecule has 0 aromatic carbocycles. The normalized spacial score (nSPS) is 13.7.